The second kappa shape index (κ2) is 31.7. The lowest BCUT2D eigenvalue weighted by atomic mass is 9.97. The molecule has 84 heavy (non-hydrogen) atoms. The molecule has 0 aromatic heterocycles. The molecule has 0 aliphatic rings. The highest BCUT2D eigenvalue weighted by Gasteiger charge is 2.05. The predicted octanol–water partition coefficient (Wildman–Crippen LogP) is 23.8. The molecule has 0 aliphatic carbocycles. The van der Waals surface area contributed by atoms with Gasteiger partial charge >= 0.3 is 0 Å². The van der Waals surface area contributed by atoms with Crippen molar-refractivity contribution in [1.29, 1.82) is 0 Å². The Morgan fingerprint density at radius 1 is 0.131 bits per heavy atom. The van der Waals surface area contributed by atoms with Gasteiger partial charge in [0, 0.05) is 0 Å². The van der Waals surface area contributed by atoms with Crippen LogP contribution in [-0.4, -0.2) is 0 Å². The molecule has 12 aromatic carbocycles. The Bertz CT molecular complexity index is 3790. The van der Waals surface area contributed by atoms with Gasteiger partial charge in [-0.3, -0.25) is 0 Å². The van der Waals surface area contributed by atoms with E-state index in [1.165, 1.54) is 134 Å². The number of benzene rings is 12. The molecule has 0 atom stereocenters. The van der Waals surface area contributed by atoms with Gasteiger partial charge in [-0.25, -0.2) is 0 Å². The summed E-state index contributed by atoms with van der Waals surface area (Å²) in [5.41, 5.74) is 31.6. The van der Waals surface area contributed by atoms with Crippen LogP contribution < -0.4 is 0 Å². The standard InChI is InChI=1S/6C14H14/c1-11-5-3-7-13(9-11)14-8-4-6-12(2)10-14;1-11-7-3-5-9-13(11)14-10-6-4-8-12(14)2;2*1-11-6-5-8-13(10-11)14-9-4-3-7-12(14)2;1-11-6-8-13(9-7-11)14-5-3-4-12(2)10-14;1-11-7-9-13(10-8-11)14-6-4-3-5-12(14)2/h6*3-10H,1-2H3. The zero-order valence-electron chi connectivity index (χ0n) is 51.7. The van der Waals surface area contributed by atoms with E-state index < -0.39 is 0 Å². The highest BCUT2D eigenvalue weighted by molar-refractivity contribution is 5.72. The molecule has 0 radical (unpaired) electrons. The molecule has 0 nitrogen and oxygen atoms in total. The summed E-state index contributed by atoms with van der Waals surface area (Å²) in [6.45, 7) is 25.6. The molecule has 0 heteroatoms. The maximum atomic E-state index is 2.22. The van der Waals surface area contributed by atoms with Crippen molar-refractivity contribution in [3.63, 3.8) is 0 Å². The summed E-state index contributed by atoms with van der Waals surface area (Å²) >= 11 is 0. The Kier molecular flexibility index (Phi) is 23.5. The monoisotopic (exact) mass is 1090 g/mol. The minimum Gasteiger partial charge on any atom is -0.0620 e. The minimum atomic E-state index is 1.29. The lowest BCUT2D eigenvalue weighted by molar-refractivity contribution is 1.41. The van der Waals surface area contributed by atoms with Gasteiger partial charge < -0.3 is 0 Å². The summed E-state index contributed by atoms with van der Waals surface area (Å²) in [5.74, 6) is 0. The lowest BCUT2D eigenvalue weighted by Gasteiger charge is -2.08. The van der Waals surface area contributed by atoms with Crippen LogP contribution >= 0.6 is 0 Å². The molecular formula is C84H84. The number of rotatable bonds is 6. The SMILES string of the molecule is Cc1ccc(-c2cccc(C)c2)cc1.Cc1ccc(-c2ccccc2C)cc1.Cc1cccc(-c2cccc(C)c2)c1.Cc1cccc(-c2ccccc2C)c1.Cc1cccc(-c2ccccc2C)c1.Cc1ccccc1-c1ccccc1C. The van der Waals surface area contributed by atoms with Crippen LogP contribution in [0, 0.1) is 83.1 Å². The van der Waals surface area contributed by atoms with Crippen LogP contribution in [0.4, 0.5) is 0 Å². The third-order valence-corrected chi connectivity index (χ3v) is 14.8. The molecule has 12 rings (SSSR count). The van der Waals surface area contributed by atoms with Crippen LogP contribution in [0.1, 0.15) is 66.8 Å². The summed E-state index contributed by atoms with van der Waals surface area (Å²) in [6.07, 6.45) is 0. The second-order valence-corrected chi connectivity index (χ2v) is 22.2. The van der Waals surface area contributed by atoms with Crippen molar-refractivity contribution >= 4 is 0 Å². The first-order chi connectivity index (χ1) is 40.6. The number of hydrogen-bond acceptors (Lipinski definition) is 0. The quantitative estimate of drug-likeness (QED) is 0.156. The average Bonchev–Trinajstić information content (AvgIpc) is 3.57. The van der Waals surface area contributed by atoms with Crippen molar-refractivity contribution in [2.75, 3.05) is 0 Å². The fraction of sp³-hybridized carbons (Fsp3) is 0.143. The van der Waals surface area contributed by atoms with E-state index in [-0.39, 0.29) is 0 Å². The Morgan fingerprint density at radius 3 is 0.619 bits per heavy atom. The molecular weight excluding hydrogens is 1010 g/mol. The summed E-state index contributed by atoms with van der Waals surface area (Å²) in [6, 6.07) is 103. The van der Waals surface area contributed by atoms with Gasteiger partial charge in [0.1, 0.15) is 0 Å². The molecule has 0 aliphatic heterocycles. The van der Waals surface area contributed by atoms with Gasteiger partial charge in [0.05, 0.1) is 0 Å². The van der Waals surface area contributed by atoms with Gasteiger partial charge in [-0.1, -0.05) is 330 Å². The van der Waals surface area contributed by atoms with Gasteiger partial charge in [0.2, 0.25) is 0 Å². The fourth-order valence-corrected chi connectivity index (χ4v) is 10.0. The highest BCUT2D eigenvalue weighted by Crippen LogP contribution is 2.28. The zero-order valence-corrected chi connectivity index (χ0v) is 51.7. The van der Waals surface area contributed by atoms with Crippen LogP contribution in [0.2, 0.25) is 0 Å². The van der Waals surface area contributed by atoms with Gasteiger partial charge in [-0.15, -0.1) is 0 Å². The third kappa shape index (κ3) is 19.1. The van der Waals surface area contributed by atoms with Crippen LogP contribution in [0.5, 0.6) is 0 Å². The maximum absolute atomic E-state index is 2.22. The van der Waals surface area contributed by atoms with Crippen molar-refractivity contribution in [1.82, 2.24) is 0 Å². The molecule has 420 valence electrons. The molecule has 0 fully saturated rings. The molecule has 0 amide bonds. The molecule has 0 bridgehead atoms. The fourth-order valence-electron chi connectivity index (χ4n) is 10.0. The van der Waals surface area contributed by atoms with E-state index in [0.29, 0.717) is 0 Å². The summed E-state index contributed by atoms with van der Waals surface area (Å²) in [5, 5.41) is 0. The maximum Gasteiger partial charge on any atom is -0.0152 e. The molecule has 0 spiro atoms. The second-order valence-electron chi connectivity index (χ2n) is 22.2. The van der Waals surface area contributed by atoms with Gasteiger partial charge in [-0.05, 0) is 178 Å². The van der Waals surface area contributed by atoms with Crippen LogP contribution in [0.15, 0.2) is 291 Å². The molecule has 0 N–H and O–H groups in total. The van der Waals surface area contributed by atoms with Gasteiger partial charge in [0.25, 0.3) is 0 Å². The van der Waals surface area contributed by atoms with E-state index in [1.807, 2.05) is 0 Å². The summed E-state index contributed by atoms with van der Waals surface area (Å²) in [4.78, 5) is 0. The topological polar surface area (TPSA) is 0 Å². The van der Waals surface area contributed by atoms with Crippen LogP contribution in [-0.2, 0) is 0 Å². The van der Waals surface area contributed by atoms with Crippen LogP contribution in [0.3, 0.4) is 0 Å². The highest BCUT2D eigenvalue weighted by atomic mass is 14.1. The first-order valence-electron chi connectivity index (χ1n) is 29.4. The van der Waals surface area contributed by atoms with E-state index in [0.717, 1.165) is 0 Å². The Hall–Kier alpha value is -9.36. The molecule has 0 unspecified atom stereocenters. The van der Waals surface area contributed by atoms with Crippen LogP contribution in [0.25, 0.3) is 66.8 Å². The molecule has 0 saturated heterocycles. The van der Waals surface area contributed by atoms with Crippen molar-refractivity contribution in [3.05, 3.63) is 358 Å². The van der Waals surface area contributed by atoms with E-state index in [2.05, 4.69) is 374 Å². The van der Waals surface area contributed by atoms with Crippen molar-refractivity contribution in [2.45, 2.75) is 83.1 Å². The minimum absolute atomic E-state index is 1.29. The van der Waals surface area contributed by atoms with E-state index >= 15 is 0 Å². The third-order valence-electron chi connectivity index (χ3n) is 14.8. The lowest BCUT2D eigenvalue weighted by Crippen LogP contribution is -1.85. The van der Waals surface area contributed by atoms with Crippen molar-refractivity contribution in [2.24, 2.45) is 0 Å². The molecule has 12 aromatic rings. The first-order valence-corrected chi connectivity index (χ1v) is 29.4. The number of hydrogen-bond donors (Lipinski definition) is 0. The molecule has 0 heterocycles. The van der Waals surface area contributed by atoms with E-state index in [4.69, 9.17) is 0 Å². The Balaban J connectivity index is 0.000000145. The zero-order chi connectivity index (χ0) is 59.8. The van der Waals surface area contributed by atoms with Crippen molar-refractivity contribution < 1.29 is 0 Å². The predicted molar refractivity (Wildman–Crippen MR) is 368 cm³/mol. The number of aryl methyl sites for hydroxylation is 12. The Labute approximate surface area is 504 Å². The van der Waals surface area contributed by atoms with E-state index in [1.54, 1.807) is 0 Å². The van der Waals surface area contributed by atoms with Crippen molar-refractivity contribution in [3.8, 4) is 66.8 Å². The largest absolute Gasteiger partial charge is 0.0620 e. The Morgan fingerprint density at radius 2 is 0.345 bits per heavy atom. The van der Waals surface area contributed by atoms with Gasteiger partial charge in [0.15, 0.2) is 0 Å². The average molecular weight is 1090 g/mol. The van der Waals surface area contributed by atoms with E-state index in [9.17, 15) is 0 Å². The molecule has 0 saturated carbocycles. The first kappa shape index (κ1) is 62.2. The normalized spacial score (nSPS) is 10.1. The summed E-state index contributed by atoms with van der Waals surface area (Å²) in [7, 11) is 0. The van der Waals surface area contributed by atoms with Gasteiger partial charge in [-0.2, -0.15) is 0 Å². The smallest absolute Gasteiger partial charge is 0.0152 e. The summed E-state index contributed by atoms with van der Waals surface area (Å²) < 4.78 is 0.